The van der Waals surface area contributed by atoms with Gasteiger partial charge in [0.05, 0.1) is 9.80 Å². The molecule has 1 aromatic rings. The zero-order valence-corrected chi connectivity index (χ0v) is 31.8. The second kappa shape index (κ2) is 20.5. The molecule has 0 saturated heterocycles. The van der Waals surface area contributed by atoms with Crippen LogP contribution < -0.4 is 0 Å². The highest BCUT2D eigenvalue weighted by molar-refractivity contribution is 7.95. The molecule has 0 fully saturated rings. The lowest BCUT2D eigenvalue weighted by Gasteiger charge is -2.31. The number of rotatable bonds is 19. The van der Waals surface area contributed by atoms with Gasteiger partial charge >= 0.3 is 0 Å². The van der Waals surface area contributed by atoms with Crippen molar-refractivity contribution in [3.8, 4) is 0 Å². The number of aryl methyl sites for hydroxylation is 1. The summed E-state index contributed by atoms with van der Waals surface area (Å²) in [6.07, 6.45) is 20.5. The average molecular weight is 649 g/mol. The number of benzene rings is 1. The van der Waals surface area contributed by atoms with Gasteiger partial charge in [0.1, 0.15) is 5.60 Å². The summed E-state index contributed by atoms with van der Waals surface area (Å²) in [6.45, 7) is 22.7. The molecule has 1 N–H and O–H groups in total. The Bertz CT molecular complexity index is 1430. The number of aliphatic hydroxyl groups is 1. The fourth-order valence-electron chi connectivity index (χ4n) is 5.39. The monoisotopic (exact) mass is 648 g/mol. The van der Waals surface area contributed by atoms with Crippen molar-refractivity contribution in [3.63, 3.8) is 0 Å². The smallest absolute Gasteiger partial charge is 0.205 e. The minimum atomic E-state index is -3.97. The van der Waals surface area contributed by atoms with E-state index < -0.39 is 15.4 Å². The van der Waals surface area contributed by atoms with Crippen LogP contribution in [0.5, 0.6) is 0 Å². The molecule has 1 unspecified atom stereocenters. The molecule has 0 aromatic heterocycles. The summed E-state index contributed by atoms with van der Waals surface area (Å²) in [5, 5.41) is 12.6. The minimum absolute atomic E-state index is 0.151. The predicted molar refractivity (Wildman–Crippen MR) is 202 cm³/mol. The third kappa shape index (κ3) is 15.7. The van der Waals surface area contributed by atoms with Crippen LogP contribution in [-0.4, -0.2) is 19.1 Å². The fourth-order valence-corrected chi connectivity index (χ4v) is 7.34. The van der Waals surface area contributed by atoms with Gasteiger partial charge in [-0.05, 0) is 153 Å². The minimum Gasteiger partial charge on any atom is -0.384 e. The summed E-state index contributed by atoms with van der Waals surface area (Å²) in [7, 11) is -3.97. The van der Waals surface area contributed by atoms with Crippen molar-refractivity contribution < 1.29 is 13.5 Å². The zero-order chi connectivity index (χ0) is 34.9. The van der Waals surface area contributed by atoms with Crippen molar-refractivity contribution in [2.24, 2.45) is 0 Å². The third-order valence-electron chi connectivity index (χ3n) is 8.27. The van der Waals surface area contributed by atoms with E-state index >= 15 is 0 Å². The normalized spacial score (nSPS) is 14.7. The summed E-state index contributed by atoms with van der Waals surface area (Å²) in [5.41, 5.74) is 7.66. The first-order valence-corrected chi connectivity index (χ1v) is 18.6. The van der Waals surface area contributed by atoms with E-state index in [1.165, 1.54) is 22.3 Å². The van der Waals surface area contributed by atoms with Crippen LogP contribution in [0, 0.1) is 6.92 Å². The van der Waals surface area contributed by atoms with Crippen LogP contribution in [0.3, 0.4) is 0 Å². The Morgan fingerprint density at radius 3 is 1.37 bits per heavy atom. The van der Waals surface area contributed by atoms with Gasteiger partial charge in [-0.15, -0.1) is 0 Å². The maximum absolute atomic E-state index is 14.4. The van der Waals surface area contributed by atoms with Crippen LogP contribution in [0.1, 0.15) is 139 Å². The van der Waals surface area contributed by atoms with Gasteiger partial charge in [-0.25, -0.2) is 8.42 Å². The predicted octanol–water partition coefficient (Wildman–Crippen LogP) is 12.4. The Morgan fingerprint density at radius 1 is 0.587 bits per heavy atom. The molecular formula is C42H64O3S. The Hall–Kier alpha value is -2.69. The van der Waals surface area contributed by atoms with Gasteiger partial charge in [-0.1, -0.05) is 93.2 Å². The van der Waals surface area contributed by atoms with Gasteiger partial charge in [0.2, 0.25) is 9.84 Å². The van der Waals surface area contributed by atoms with E-state index in [9.17, 15) is 13.5 Å². The van der Waals surface area contributed by atoms with Gasteiger partial charge < -0.3 is 5.11 Å². The Morgan fingerprint density at radius 2 is 0.957 bits per heavy atom. The largest absolute Gasteiger partial charge is 0.384 e. The second-order valence-electron chi connectivity index (χ2n) is 14.0. The Kier molecular flexibility index (Phi) is 18.4. The molecule has 1 atom stereocenters. The lowest BCUT2D eigenvalue weighted by atomic mass is 9.89. The molecule has 1 aromatic carbocycles. The number of hydrogen-bond acceptors (Lipinski definition) is 3. The summed E-state index contributed by atoms with van der Waals surface area (Å²) < 4.78 is 28.9. The molecule has 0 heterocycles. The Labute approximate surface area is 283 Å². The molecule has 0 bridgehead atoms. The van der Waals surface area contributed by atoms with Crippen molar-refractivity contribution in [1.82, 2.24) is 0 Å². The summed E-state index contributed by atoms with van der Waals surface area (Å²) in [4.78, 5) is 0.380. The van der Waals surface area contributed by atoms with Crippen molar-refractivity contribution in [2.45, 2.75) is 151 Å². The zero-order valence-electron chi connectivity index (χ0n) is 31.0. The first-order chi connectivity index (χ1) is 21.5. The highest BCUT2D eigenvalue weighted by Crippen LogP contribution is 2.39. The van der Waals surface area contributed by atoms with Gasteiger partial charge in [0, 0.05) is 0 Å². The van der Waals surface area contributed by atoms with Crippen LogP contribution >= 0.6 is 0 Å². The van der Waals surface area contributed by atoms with E-state index in [2.05, 4.69) is 98.8 Å². The molecule has 46 heavy (non-hydrogen) atoms. The first-order valence-electron chi connectivity index (χ1n) is 17.1. The van der Waals surface area contributed by atoms with Crippen molar-refractivity contribution >= 4 is 9.84 Å². The van der Waals surface area contributed by atoms with Gasteiger partial charge in [-0.3, -0.25) is 0 Å². The topological polar surface area (TPSA) is 54.4 Å². The molecule has 0 spiro atoms. The maximum Gasteiger partial charge on any atom is 0.205 e. The van der Waals surface area contributed by atoms with E-state index in [1.54, 1.807) is 12.1 Å². The van der Waals surface area contributed by atoms with Gasteiger partial charge in [0.15, 0.2) is 0 Å². The lowest BCUT2D eigenvalue weighted by Crippen LogP contribution is -2.35. The van der Waals surface area contributed by atoms with Crippen LogP contribution in [0.25, 0.3) is 0 Å². The Balaban J connectivity index is 3.59. The number of sulfone groups is 1. The number of allylic oxidation sites excluding steroid dienone is 11. The van der Waals surface area contributed by atoms with E-state index in [0.29, 0.717) is 6.42 Å². The fraction of sp³-hybridized carbons (Fsp3) is 0.524. The maximum atomic E-state index is 14.4. The molecule has 0 aliphatic rings. The van der Waals surface area contributed by atoms with Gasteiger partial charge in [-0.2, -0.15) is 0 Å². The summed E-state index contributed by atoms with van der Waals surface area (Å²) >= 11 is 0. The highest BCUT2D eigenvalue weighted by atomic mass is 32.2. The number of hydrogen-bond donors (Lipinski definition) is 1. The van der Waals surface area contributed by atoms with E-state index in [1.807, 2.05) is 26.0 Å². The molecule has 256 valence electrons. The SMILES string of the molecule is CC(C)=CCCC(C)=CCCC(C)=CCC(O)(C/C=C(\C)CCC=C(C)C)/C(=C(\C)CCC=C(C)C)S(=O)(=O)c1ccc(C)cc1. The van der Waals surface area contributed by atoms with E-state index in [4.69, 9.17) is 0 Å². The molecule has 0 saturated carbocycles. The molecule has 0 aliphatic carbocycles. The van der Waals surface area contributed by atoms with Crippen LogP contribution in [0.15, 0.2) is 110 Å². The first kappa shape index (κ1) is 41.3. The molecule has 1 rings (SSSR count). The van der Waals surface area contributed by atoms with E-state index in [-0.39, 0.29) is 22.6 Å². The van der Waals surface area contributed by atoms with Crippen molar-refractivity contribution in [2.75, 3.05) is 0 Å². The average Bonchev–Trinajstić information content (AvgIpc) is 2.94. The third-order valence-corrected chi connectivity index (χ3v) is 10.4. The van der Waals surface area contributed by atoms with E-state index in [0.717, 1.165) is 67.2 Å². The molecule has 0 aliphatic heterocycles. The summed E-state index contributed by atoms with van der Waals surface area (Å²) in [6, 6.07) is 6.99. The van der Waals surface area contributed by atoms with Crippen molar-refractivity contribution in [1.29, 1.82) is 0 Å². The summed E-state index contributed by atoms with van der Waals surface area (Å²) in [5.74, 6) is 0. The quantitative estimate of drug-likeness (QED) is 0.152. The highest BCUT2D eigenvalue weighted by Gasteiger charge is 2.40. The molecule has 0 amide bonds. The van der Waals surface area contributed by atoms with Crippen LogP contribution in [0.2, 0.25) is 0 Å². The van der Waals surface area contributed by atoms with Crippen molar-refractivity contribution in [3.05, 3.63) is 110 Å². The molecule has 0 radical (unpaired) electrons. The van der Waals surface area contributed by atoms with Gasteiger partial charge in [0.25, 0.3) is 0 Å². The molecular weight excluding hydrogens is 585 g/mol. The lowest BCUT2D eigenvalue weighted by molar-refractivity contribution is 0.0905. The second-order valence-corrected chi connectivity index (χ2v) is 15.9. The standard InChI is InChI=1S/C42H64O3S/c1-32(2)16-12-19-35(7)21-15-22-37(9)29-31-42(43,30-28-36(8)20-13-17-33(3)4)41(39(11)23-14-18-34(5)6)46(44,45)40-26-24-38(10)25-27-40/h16-18,21,24-29,43H,12-15,19-20,22-23,30-31H2,1-11H3/b35-21?,36-28+,37-29?,41-39-. The van der Waals surface area contributed by atoms with Crippen LogP contribution in [-0.2, 0) is 9.84 Å². The molecule has 3 nitrogen and oxygen atoms in total. The van der Waals surface area contributed by atoms with Crippen LogP contribution in [0.4, 0.5) is 0 Å². The molecule has 4 heteroatoms.